The fourth-order valence-corrected chi connectivity index (χ4v) is 3.81. The summed E-state index contributed by atoms with van der Waals surface area (Å²) in [6, 6.07) is 9.90. The summed E-state index contributed by atoms with van der Waals surface area (Å²) < 4.78 is 3.59. The summed E-state index contributed by atoms with van der Waals surface area (Å²) in [5.41, 5.74) is 4.36. The van der Waals surface area contributed by atoms with Crippen molar-refractivity contribution in [1.82, 2.24) is 34.8 Å². The molecular formula is C23H25N7O. The normalized spacial score (nSPS) is 14.8. The van der Waals surface area contributed by atoms with Gasteiger partial charge in [0.25, 0.3) is 5.91 Å². The molecule has 5 rings (SSSR count). The number of rotatable bonds is 6. The molecule has 8 nitrogen and oxygen atoms in total. The van der Waals surface area contributed by atoms with Gasteiger partial charge in [0, 0.05) is 17.7 Å². The lowest BCUT2D eigenvalue weighted by atomic mass is 10.1. The minimum Gasteiger partial charge on any atom is -0.345 e. The molecular weight excluding hydrogens is 390 g/mol. The minimum atomic E-state index is -0.148. The predicted octanol–water partition coefficient (Wildman–Crippen LogP) is 3.96. The lowest BCUT2D eigenvalue weighted by molar-refractivity contribution is 0.0941. The van der Waals surface area contributed by atoms with Gasteiger partial charge in [-0.2, -0.15) is 10.2 Å². The van der Waals surface area contributed by atoms with Crippen molar-refractivity contribution >= 4 is 16.9 Å². The Morgan fingerprint density at radius 3 is 2.55 bits per heavy atom. The molecule has 1 saturated carbocycles. The second-order valence-corrected chi connectivity index (χ2v) is 8.42. The maximum Gasteiger partial charge on any atom is 0.252 e. The molecule has 158 valence electrons. The summed E-state index contributed by atoms with van der Waals surface area (Å²) in [5, 5.41) is 12.6. The molecule has 8 heteroatoms. The Balaban J connectivity index is 1.42. The van der Waals surface area contributed by atoms with Crippen molar-refractivity contribution in [3.05, 3.63) is 66.0 Å². The van der Waals surface area contributed by atoms with E-state index in [-0.39, 0.29) is 18.0 Å². The number of nitrogens with zero attached hydrogens (tertiary/aromatic N) is 6. The van der Waals surface area contributed by atoms with Crippen molar-refractivity contribution < 1.29 is 4.79 Å². The Labute approximate surface area is 180 Å². The van der Waals surface area contributed by atoms with E-state index in [4.69, 9.17) is 4.98 Å². The fraction of sp³-hybridized carbons (Fsp3) is 0.348. The highest BCUT2D eigenvalue weighted by Gasteiger charge is 2.28. The van der Waals surface area contributed by atoms with Crippen molar-refractivity contribution in [3.63, 3.8) is 0 Å². The van der Waals surface area contributed by atoms with Gasteiger partial charge in [-0.05, 0) is 57.4 Å². The van der Waals surface area contributed by atoms with E-state index < -0.39 is 0 Å². The highest BCUT2D eigenvalue weighted by atomic mass is 16.1. The number of benzene rings is 1. The summed E-state index contributed by atoms with van der Waals surface area (Å²) in [6.07, 6.45) is 7.17. The van der Waals surface area contributed by atoms with Crippen LogP contribution in [0.5, 0.6) is 0 Å². The number of carbonyl (C=O) groups excluding carboxylic acids is 1. The van der Waals surface area contributed by atoms with E-state index in [0.717, 1.165) is 40.8 Å². The monoisotopic (exact) mass is 415 g/mol. The van der Waals surface area contributed by atoms with Crippen molar-refractivity contribution in [2.75, 3.05) is 0 Å². The van der Waals surface area contributed by atoms with Crippen LogP contribution in [0.1, 0.15) is 73.2 Å². The van der Waals surface area contributed by atoms with Gasteiger partial charge in [0.05, 0.1) is 28.9 Å². The predicted molar refractivity (Wildman–Crippen MR) is 117 cm³/mol. The van der Waals surface area contributed by atoms with Crippen LogP contribution >= 0.6 is 0 Å². The van der Waals surface area contributed by atoms with Crippen molar-refractivity contribution in [2.24, 2.45) is 0 Å². The van der Waals surface area contributed by atoms with Crippen LogP contribution in [0, 0.1) is 0 Å². The first-order chi connectivity index (χ1) is 15.0. The zero-order chi connectivity index (χ0) is 21.5. The third-order valence-corrected chi connectivity index (χ3v) is 5.74. The molecule has 1 atom stereocenters. The first-order valence-electron chi connectivity index (χ1n) is 10.6. The Bertz CT molecular complexity index is 1220. The molecule has 0 saturated heterocycles. The van der Waals surface area contributed by atoms with Crippen molar-refractivity contribution in [3.8, 4) is 5.69 Å². The third kappa shape index (κ3) is 3.69. The molecule has 1 amide bonds. The SMILES string of the molecule is CC(C)n1ncc2c(C(=O)N[C@@H](C)c3ccc(-n4cncn4)cc3)cc(C3CC3)nc21. The van der Waals surface area contributed by atoms with E-state index in [1.165, 1.54) is 6.33 Å². The molecule has 0 unspecified atom stereocenters. The van der Waals surface area contributed by atoms with Crippen molar-refractivity contribution in [1.29, 1.82) is 0 Å². The largest absolute Gasteiger partial charge is 0.345 e. The lowest BCUT2D eigenvalue weighted by Crippen LogP contribution is -2.27. The van der Waals surface area contributed by atoms with Gasteiger partial charge < -0.3 is 5.32 Å². The highest BCUT2D eigenvalue weighted by Crippen LogP contribution is 2.40. The summed E-state index contributed by atoms with van der Waals surface area (Å²) in [7, 11) is 0. The van der Waals surface area contributed by atoms with Gasteiger partial charge in [-0.15, -0.1) is 0 Å². The third-order valence-electron chi connectivity index (χ3n) is 5.74. The maximum absolute atomic E-state index is 13.3. The van der Waals surface area contributed by atoms with Crippen LogP contribution in [0.2, 0.25) is 0 Å². The molecule has 3 aromatic heterocycles. The smallest absolute Gasteiger partial charge is 0.252 e. The Hall–Kier alpha value is -3.55. The molecule has 4 aromatic rings. The first-order valence-corrected chi connectivity index (χ1v) is 10.6. The second-order valence-electron chi connectivity index (χ2n) is 8.42. The average Bonchev–Trinajstić information content (AvgIpc) is 3.30. The Morgan fingerprint density at radius 1 is 1.13 bits per heavy atom. The van der Waals surface area contributed by atoms with Crippen LogP contribution in [0.25, 0.3) is 16.7 Å². The van der Waals surface area contributed by atoms with E-state index in [2.05, 4.69) is 34.3 Å². The molecule has 1 N–H and O–H groups in total. The molecule has 0 radical (unpaired) electrons. The number of carbonyl (C=O) groups is 1. The number of hydrogen-bond acceptors (Lipinski definition) is 5. The van der Waals surface area contributed by atoms with E-state index in [9.17, 15) is 4.79 Å². The van der Waals surface area contributed by atoms with Gasteiger partial charge >= 0.3 is 0 Å². The van der Waals surface area contributed by atoms with Gasteiger partial charge in [0.15, 0.2) is 5.65 Å². The lowest BCUT2D eigenvalue weighted by Gasteiger charge is -2.16. The number of amides is 1. The van der Waals surface area contributed by atoms with E-state index in [1.54, 1.807) is 17.2 Å². The Morgan fingerprint density at radius 2 is 1.90 bits per heavy atom. The van der Waals surface area contributed by atoms with Gasteiger partial charge in [-0.3, -0.25) is 4.79 Å². The molecule has 1 aromatic carbocycles. The fourth-order valence-electron chi connectivity index (χ4n) is 3.81. The first kappa shape index (κ1) is 19.4. The number of aromatic nitrogens is 6. The van der Waals surface area contributed by atoms with Crippen LogP contribution in [0.3, 0.4) is 0 Å². The van der Waals surface area contributed by atoms with E-state index >= 15 is 0 Å². The van der Waals surface area contributed by atoms with Crippen LogP contribution in [0.4, 0.5) is 0 Å². The van der Waals surface area contributed by atoms with Gasteiger partial charge in [-0.1, -0.05) is 12.1 Å². The number of fused-ring (bicyclic) bond motifs is 1. The van der Waals surface area contributed by atoms with Gasteiger partial charge in [0.1, 0.15) is 12.7 Å². The molecule has 0 spiro atoms. The number of hydrogen-bond donors (Lipinski definition) is 1. The molecule has 0 bridgehead atoms. The molecule has 0 aliphatic heterocycles. The summed E-state index contributed by atoms with van der Waals surface area (Å²) in [5.74, 6) is 0.346. The van der Waals surface area contributed by atoms with Gasteiger partial charge in [0.2, 0.25) is 0 Å². The minimum absolute atomic E-state index is 0.106. The molecule has 31 heavy (non-hydrogen) atoms. The molecule has 1 aliphatic rings. The second kappa shape index (κ2) is 7.61. The van der Waals surface area contributed by atoms with Gasteiger partial charge in [-0.25, -0.2) is 19.3 Å². The van der Waals surface area contributed by atoms with Crippen molar-refractivity contribution in [2.45, 2.75) is 51.6 Å². The van der Waals surface area contributed by atoms with Crippen LogP contribution < -0.4 is 5.32 Å². The number of pyridine rings is 1. The van der Waals surface area contributed by atoms with Crippen LogP contribution in [-0.2, 0) is 0 Å². The average molecular weight is 416 g/mol. The standard InChI is InChI=1S/C23H25N7O/c1-14(2)30-22-20(11-25-30)19(10-21(28-22)17-4-5-17)23(31)27-15(3)16-6-8-18(9-7-16)29-13-24-12-26-29/h6-15,17H,4-5H2,1-3H3,(H,27,31)/t15-/m0/s1. The topological polar surface area (TPSA) is 90.5 Å². The molecule has 1 aliphatic carbocycles. The summed E-state index contributed by atoms with van der Waals surface area (Å²) in [6.45, 7) is 6.13. The number of nitrogens with one attached hydrogen (secondary N) is 1. The summed E-state index contributed by atoms with van der Waals surface area (Å²) in [4.78, 5) is 22.1. The molecule has 1 fully saturated rings. The molecule has 3 heterocycles. The Kier molecular flexibility index (Phi) is 4.77. The quantitative estimate of drug-likeness (QED) is 0.515. The van der Waals surface area contributed by atoms with E-state index in [1.807, 2.05) is 41.9 Å². The zero-order valence-electron chi connectivity index (χ0n) is 17.9. The zero-order valence-corrected chi connectivity index (χ0v) is 17.9. The van der Waals surface area contributed by atoms with Crippen LogP contribution in [0.15, 0.2) is 49.2 Å². The van der Waals surface area contributed by atoms with Crippen LogP contribution in [-0.4, -0.2) is 35.4 Å². The highest BCUT2D eigenvalue weighted by molar-refractivity contribution is 6.05. The summed E-state index contributed by atoms with van der Waals surface area (Å²) >= 11 is 0. The maximum atomic E-state index is 13.3. The van der Waals surface area contributed by atoms with E-state index in [0.29, 0.717) is 11.5 Å².